The van der Waals surface area contributed by atoms with E-state index in [1.165, 1.54) is 11.1 Å². The zero-order valence-corrected chi connectivity index (χ0v) is 10.4. The summed E-state index contributed by atoms with van der Waals surface area (Å²) in [6, 6.07) is 18.2. The summed E-state index contributed by atoms with van der Waals surface area (Å²) >= 11 is 5.77. The van der Waals surface area contributed by atoms with E-state index in [-0.39, 0.29) is 0 Å². The molecular formula is C15H15ClO. The molecule has 0 radical (unpaired) electrons. The minimum absolute atomic E-state index is 0.597. The van der Waals surface area contributed by atoms with Gasteiger partial charge in [-0.15, -0.1) is 11.6 Å². The molecule has 0 aliphatic rings. The fraction of sp³-hybridized carbons (Fsp3) is 0.200. The molecule has 2 aromatic rings. The second-order valence-corrected chi connectivity index (χ2v) is 4.20. The van der Waals surface area contributed by atoms with Crippen molar-refractivity contribution < 1.29 is 4.74 Å². The molecule has 0 bridgehead atoms. The molecule has 0 heterocycles. The van der Waals surface area contributed by atoms with Crippen LogP contribution in [0.25, 0.3) is 0 Å². The molecule has 0 aliphatic heterocycles. The van der Waals surface area contributed by atoms with Gasteiger partial charge in [0.1, 0.15) is 12.4 Å². The third kappa shape index (κ3) is 3.50. The molecule has 0 saturated carbocycles. The number of alkyl halides is 1. The topological polar surface area (TPSA) is 9.23 Å². The Kier molecular flexibility index (Phi) is 4.45. The number of halogens is 1. The molecule has 0 aromatic heterocycles. The van der Waals surface area contributed by atoms with Crippen molar-refractivity contribution in [2.75, 3.05) is 5.88 Å². The molecular weight excluding hydrogens is 232 g/mol. The first-order valence-corrected chi connectivity index (χ1v) is 6.24. The van der Waals surface area contributed by atoms with Gasteiger partial charge in [0.15, 0.2) is 0 Å². The maximum Gasteiger partial charge on any atom is 0.123 e. The van der Waals surface area contributed by atoms with E-state index in [0.717, 1.165) is 12.2 Å². The molecule has 0 spiro atoms. The van der Waals surface area contributed by atoms with Gasteiger partial charge in [-0.1, -0.05) is 48.5 Å². The van der Waals surface area contributed by atoms with Crippen molar-refractivity contribution in [1.82, 2.24) is 0 Å². The minimum Gasteiger partial charge on any atom is -0.489 e. The second-order valence-electron chi connectivity index (χ2n) is 3.82. The highest BCUT2D eigenvalue weighted by Crippen LogP contribution is 2.20. The van der Waals surface area contributed by atoms with Crippen LogP contribution in [0, 0.1) is 0 Å². The van der Waals surface area contributed by atoms with Gasteiger partial charge < -0.3 is 4.74 Å². The van der Waals surface area contributed by atoms with Crippen molar-refractivity contribution in [3.63, 3.8) is 0 Å². The summed E-state index contributed by atoms with van der Waals surface area (Å²) in [7, 11) is 0. The van der Waals surface area contributed by atoms with Crippen molar-refractivity contribution in [1.29, 1.82) is 0 Å². The van der Waals surface area contributed by atoms with Crippen LogP contribution in [0.5, 0.6) is 5.75 Å². The molecule has 0 amide bonds. The molecule has 2 heteroatoms. The van der Waals surface area contributed by atoms with Crippen LogP contribution < -0.4 is 4.74 Å². The van der Waals surface area contributed by atoms with E-state index in [1.54, 1.807) is 0 Å². The highest BCUT2D eigenvalue weighted by Gasteiger charge is 2.02. The normalized spacial score (nSPS) is 10.2. The Morgan fingerprint density at radius 3 is 2.35 bits per heavy atom. The lowest BCUT2D eigenvalue weighted by Crippen LogP contribution is -1.98. The molecule has 17 heavy (non-hydrogen) atoms. The number of benzene rings is 2. The predicted molar refractivity (Wildman–Crippen MR) is 71.6 cm³/mol. The Morgan fingerprint density at radius 2 is 1.59 bits per heavy atom. The molecule has 2 aromatic carbocycles. The Hall–Kier alpha value is -1.47. The number of para-hydroxylation sites is 1. The first kappa shape index (κ1) is 12.0. The third-order valence-electron chi connectivity index (χ3n) is 2.57. The Balaban J connectivity index is 2.03. The Labute approximate surface area is 107 Å². The predicted octanol–water partition coefficient (Wildman–Crippen LogP) is 4.05. The van der Waals surface area contributed by atoms with Gasteiger partial charge in [0, 0.05) is 5.88 Å². The smallest absolute Gasteiger partial charge is 0.123 e. The summed E-state index contributed by atoms with van der Waals surface area (Å²) in [4.78, 5) is 0. The van der Waals surface area contributed by atoms with E-state index in [0.29, 0.717) is 12.5 Å². The first-order chi connectivity index (χ1) is 8.40. The van der Waals surface area contributed by atoms with Crippen LogP contribution in [0.15, 0.2) is 54.6 Å². The molecule has 1 nitrogen and oxygen atoms in total. The summed E-state index contributed by atoms with van der Waals surface area (Å²) in [5.74, 6) is 1.54. The lowest BCUT2D eigenvalue weighted by atomic mass is 10.1. The van der Waals surface area contributed by atoms with Gasteiger partial charge in [-0.2, -0.15) is 0 Å². The first-order valence-electron chi connectivity index (χ1n) is 5.71. The number of hydrogen-bond acceptors (Lipinski definition) is 1. The molecule has 0 fully saturated rings. The van der Waals surface area contributed by atoms with Gasteiger partial charge in [0.25, 0.3) is 0 Å². The Morgan fingerprint density at radius 1 is 0.882 bits per heavy atom. The van der Waals surface area contributed by atoms with Crippen LogP contribution in [-0.4, -0.2) is 5.88 Å². The molecule has 0 unspecified atom stereocenters. The number of aryl methyl sites for hydroxylation is 1. The number of ether oxygens (including phenoxy) is 1. The zero-order valence-electron chi connectivity index (χ0n) is 9.60. The van der Waals surface area contributed by atoms with Gasteiger partial charge in [-0.05, 0) is 23.6 Å². The highest BCUT2D eigenvalue weighted by molar-refractivity contribution is 6.18. The van der Waals surface area contributed by atoms with Gasteiger partial charge in [0.05, 0.1) is 0 Å². The summed E-state index contributed by atoms with van der Waals surface area (Å²) in [5.41, 5.74) is 2.34. The third-order valence-corrected chi connectivity index (χ3v) is 2.76. The Bertz CT molecular complexity index is 453. The number of hydrogen-bond donors (Lipinski definition) is 0. The quantitative estimate of drug-likeness (QED) is 0.724. The van der Waals surface area contributed by atoms with Gasteiger partial charge in [0.2, 0.25) is 0 Å². The van der Waals surface area contributed by atoms with E-state index in [1.807, 2.05) is 36.4 Å². The van der Waals surface area contributed by atoms with Crippen molar-refractivity contribution >= 4 is 11.6 Å². The van der Waals surface area contributed by atoms with E-state index in [4.69, 9.17) is 16.3 Å². The van der Waals surface area contributed by atoms with Crippen LogP contribution >= 0.6 is 11.6 Å². The maximum absolute atomic E-state index is 5.82. The summed E-state index contributed by atoms with van der Waals surface area (Å²) in [6.45, 7) is 0.597. The van der Waals surface area contributed by atoms with E-state index >= 15 is 0 Å². The maximum atomic E-state index is 5.82. The van der Waals surface area contributed by atoms with Crippen molar-refractivity contribution in [3.8, 4) is 5.75 Å². The highest BCUT2D eigenvalue weighted by atomic mass is 35.5. The molecule has 2 rings (SSSR count). The monoisotopic (exact) mass is 246 g/mol. The molecule has 0 saturated heterocycles. The molecule has 0 aliphatic carbocycles. The minimum atomic E-state index is 0.597. The van der Waals surface area contributed by atoms with Gasteiger partial charge >= 0.3 is 0 Å². The fourth-order valence-corrected chi connectivity index (χ4v) is 1.89. The van der Waals surface area contributed by atoms with Crippen LogP contribution in [0.3, 0.4) is 0 Å². The zero-order chi connectivity index (χ0) is 11.9. The molecule has 88 valence electrons. The van der Waals surface area contributed by atoms with Gasteiger partial charge in [-0.3, -0.25) is 0 Å². The van der Waals surface area contributed by atoms with Crippen LogP contribution in [0.2, 0.25) is 0 Å². The second kappa shape index (κ2) is 6.31. The summed E-state index contributed by atoms with van der Waals surface area (Å²) in [5, 5.41) is 0. The van der Waals surface area contributed by atoms with Crippen LogP contribution in [-0.2, 0) is 13.0 Å². The van der Waals surface area contributed by atoms with Crippen molar-refractivity contribution in [2.45, 2.75) is 13.0 Å². The largest absolute Gasteiger partial charge is 0.489 e. The molecule has 0 atom stereocenters. The van der Waals surface area contributed by atoms with Gasteiger partial charge in [-0.25, -0.2) is 0 Å². The van der Waals surface area contributed by atoms with Crippen LogP contribution in [0.1, 0.15) is 11.1 Å². The average molecular weight is 247 g/mol. The lowest BCUT2D eigenvalue weighted by molar-refractivity contribution is 0.303. The summed E-state index contributed by atoms with van der Waals surface area (Å²) < 4.78 is 5.82. The van der Waals surface area contributed by atoms with Crippen molar-refractivity contribution in [3.05, 3.63) is 65.7 Å². The standard InChI is InChI=1S/C15H15ClO/c16-11-10-14-8-4-5-9-15(14)17-12-13-6-2-1-3-7-13/h1-9H,10-12H2. The van der Waals surface area contributed by atoms with Crippen molar-refractivity contribution in [2.24, 2.45) is 0 Å². The lowest BCUT2D eigenvalue weighted by Gasteiger charge is -2.10. The molecule has 0 N–H and O–H groups in total. The van der Waals surface area contributed by atoms with E-state index < -0.39 is 0 Å². The van der Waals surface area contributed by atoms with E-state index in [2.05, 4.69) is 18.2 Å². The number of rotatable bonds is 5. The van der Waals surface area contributed by atoms with E-state index in [9.17, 15) is 0 Å². The van der Waals surface area contributed by atoms with Crippen LogP contribution in [0.4, 0.5) is 0 Å². The summed E-state index contributed by atoms with van der Waals surface area (Å²) in [6.07, 6.45) is 0.840. The fourth-order valence-electron chi connectivity index (χ4n) is 1.69. The average Bonchev–Trinajstić information content (AvgIpc) is 2.39. The SMILES string of the molecule is ClCCc1ccccc1OCc1ccccc1.